The van der Waals surface area contributed by atoms with Gasteiger partial charge in [-0.05, 0) is 36.1 Å². The van der Waals surface area contributed by atoms with Gasteiger partial charge < -0.3 is 28.3 Å². The Hall–Kier alpha value is -4.05. The van der Waals surface area contributed by atoms with E-state index in [0.717, 1.165) is 18.7 Å². The third-order valence-corrected chi connectivity index (χ3v) is 7.66. The number of carbonyl (C=O) groups excluding carboxylic acids is 1. The first-order valence-electron chi connectivity index (χ1n) is 12.9. The van der Waals surface area contributed by atoms with Crippen molar-refractivity contribution in [2.75, 3.05) is 34.4 Å². The van der Waals surface area contributed by atoms with Crippen molar-refractivity contribution < 1.29 is 28.5 Å². The zero-order valence-corrected chi connectivity index (χ0v) is 22.2. The van der Waals surface area contributed by atoms with E-state index in [9.17, 15) is 19.5 Å². The predicted octanol–water partition coefficient (Wildman–Crippen LogP) is 2.84. The summed E-state index contributed by atoms with van der Waals surface area (Å²) in [5.74, 6) is -0.0699. The van der Waals surface area contributed by atoms with Gasteiger partial charge in [0.05, 0.1) is 40.2 Å². The fourth-order valence-corrected chi connectivity index (χ4v) is 5.90. The highest BCUT2D eigenvalue weighted by Crippen LogP contribution is 2.39. The molecule has 3 aromatic rings. The summed E-state index contributed by atoms with van der Waals surface area (Å²) >= 11 is 0. The number of nitrogens with zero attached hydrogens (tertiary/aromatic N) is 2. The first-order valence-corrected chi connectivity index (χ1v) is 12.9. The van der Waals surface area contributed by atoms with Gasteiger partial charge in [-0.2, -0.15) is 0 Å². The molecule has 2 aliphatic heterocycles. The summed E-state index contributed by atoms with van der Waals surface area (Å²) in [6.07, 6.45) is 0.844. The zero-order chi connectivity index (χ0) is 27.7. The molecule has 2 bridgehead atoms. The molecule has 0 saturated carbocycles. The summed E-state index contributed by atoms with van der Waals surface area (Å²) in [7, 11) is 4.29. The van der Waals surface area contributed by atoms with Crippen LogP contribution in [0.5, 0.6) is 17.2 Å². The highest BCUT2D eigenvalue weighted by Gasteiger charge is 2.35. The highest BCUT2D eigenvalue weighted by atomic mass is 16.5. The van der Waals surface area contributed by atoms with Gasteiger partial charge in [0, 0.05) is 43.4 Å². The van der Waals surface area contributed by atoms with Crippen molar-refractivity contribution in [1.82, 2.24) is 9.47 Å². The van der Waals surface area contributed by atoms with Crippen molar-refractivity contribution >= 4 is 5.97 Å². The molecule has 206 valence electrons. The van der Waals surface area contributed by atoms with Crippen LogP contribution in [0, 0.1) is 5.92 Å². The monoisotopic (exact) mass is 536 g/mol. The summed E-state index contributed by atoms with van der Waals surface area (Å²) in [5, 5.41) is 10.8. The lowest BCUT2D eigenvalue weighted by Crippen LogP contribution is -2.46. The number of fused-ring (bicyclic) bond motifs is 4. The van der Waals surface area contributed by atoms with E-state index in [1.165, 1.54) is 27.4 Å². The lowest BCUT2D eigenvalue weighted by atomic mass is 9.83. The van der Waals surface area contributed by atoms with Crippen LogP contribution in [-0.4, -0.2) is 55.0 Å². The topological polar surface area (TPSA) is 120 Å². The minimum absolute atomic E-state index is 0.00998. The van der Waals surface area contributed by atoms with Crippen LogP contribution in [0.3, 0.4) is 0 Å². The summed E-state index contributed by atoms with van der Waals surface area (Å²) in [6, 6.07) is 11.8. The first-order chi connectivity index (χ1) is 18.8. The van der Waals surface area contributed by atoms with Gasteiger partial charge in [0.2, 0.25) is 11.2 Å². The van der Waals surface area contributed by atoms with E-state index in [0.29, 0.717) is 48.4 Å². The molecule has 0 aliphatic carbocycles. The van der Waals surface area contributed by atoms with Crippen molar-refractivity contribution in [2.45, 2.75) is 37.8 Å². The smallest absolute Gasteiger partial charge is 0.306 e. The lowest BCUT2D eigenvalue weighted by molar-refractivity contribution is -0.140. The number of benzene rings is 1. The average molecular weight is 537 g/mol. The number of carbonyl (C=O) groups is 1. The summed E-state index contributed by atoms with van der Waals surface area (Å²) in [6.45, 7) is 2.47. The first kappa shape index (κ1) is 26.6. The highest BCUT2D eigenvalue weighted by molar-refractivity contribution is 5.71. The number of esters is 1. The Morgan fingerprint density at radius 2 is 1.85 bits per heavy atom. The van der Waals surface area contributed by atoms with E-state index in [-0.39, 0.29) is 23.7 Å². The third kappa shape index (κ3) is 5.29. The van der Waals surface area contributed by atoms with Gasteiger partial charge in [0.1, 0.15) is 5.76 Å². The Labute approximate surface area is 225 Å². The lowest BCUT2D eigenvalue weighted by Gasteiger charge is -2.42. The normalized spacial score (nSPS) is 19.2. The van der Waals surface area contributed by atoms with Crippen molar-refractivity contribution in [2.24, 2.45) is 5.92 Å². The molecule has 10 nitrogen and oxygen atoms in total. The Kier molecular flexibility index (Phi) is 7.47. The zero-order valence-electron chi connectivity index (χ0n) is 22.2. The van der Waals surface area contributed by atoms with E-state index in [2.05, 4.69) is 4.90 Å². The molecular formula is C29H32N2O8. The Morgan fingerprint density at radius 3 is 2.59 bits per heavy atom. The molecule has 1 N–H and O–H groups in total. The molecule has 3 atom stereocenters. The summed E-state index contributed by atoms with van der Waals surface area (Å²) < 4.78 is 23.7. The number of pyridine rings is 1. The molecule has 10 heteroatoms. The van der Waals surface area contributed by atoms with Crippen molar-refractivity contribution in [3.8, 4) is 17.2 Å². The number of methoxy groups -OCH3 is 3. The maximum Gasteiger partial charge on any atom is 0.306 e. The number of hydrogen-bond donors (Lipinski definition) is 1. The minimum atomic E-state index is -0.801. The molecule has 2 aliphatic rings. The number of ether oxygens (including phenoxy) is 3. The molecule has 4 heterocycles. The second-order valence-corrected chi connectivity index (χ2v) is 10.1. The van der Waals surface area contributed by atoms with E-state index >= 15 is 0 Å². The van der Waals surface area contributed by atoms with Crippen LogP contribution < -0.4 is 20.5 Å². The molecule has 2 aromatic heterocycles. The molecule has 0 unspecified atom stereocenters. The van der Waals surface area contributed by atoms with Crippen LogP contribution >= 0.6 is 0 Å². The molecule has 1 aromatic carbocycles. The maximum absolute atomic E-state index is 12.9. The van der Waals surface area contributed by atoms with Gasteiger partial charge in [-0.3, -0.25) is 19.3 Å². The number of likely N-dealkylation sites (tertiary alicyclic amines) is 1. The van der Waals surface area contributed by atoms with E-state index in [1.807, 2.05) is 10.6 Å². The largest absolute Gasteiger partial charge is 0.502 e. The quantitative estimate of drug-likeness (QED) is 0.433. The van der Waals surface area contributed by atoms with E-state index < -0.39 is 23.1 Å². The molecule has 5 rings (SSSR count). The molecule has 0 amide bonds. The average Bonchev–Trinajstić information content (AvgIpc) is 2.93. The van der Waals surface area contributed by atoms with Gasteiger partial charge in [-0.25, -0.2) is 0 Å². The van der Waals surface area contributed by atoms with Crippen LogP contribution in [0.15, 0.2) is 56.5 Å². The van der Waals surface area contributed by atoms with Crippen molar-refractivity contribution in [1.29, 1.82) is 0 Å². The SMILES string of the molecule is COC(=O)C[C@@H](c1ccc(OC)c(OC)c1)c1oc(CN2C[C@H]3C[C@@H](C2)c2cccc(=O)n2C3)cc(=O)c1O. The number of hydrogen-bond acceptors (Lipinski definition) is 9. The maximum atomic E-state index is 12.9. The molecule has 39 heavy (non-hydrogen) atoms. The Balaban J connectivity index is 1.47. The Bertz CT molecular complexity index is 1490. The van der Waals surface area contributed by atoms with Gasteiger partial charge in [0.25, 0.3) is 5.56 Å². The molecule has 1 saturated heterocycles. The second kappa shape index (κ2) is 11.0. The van der Waals surface area contributed by atoms with E-state index in [4.69, 9.17) is 18.6 Å². The van der Waals surface area contributed by atoms with E-state index in [1.54, 1.807) is 30.3 Å². The minimum Gasteiger partial charge on any atom is -0.502 e. The fourth-order valence-electron chi connectivity index (χ4n) is 5.90. The van der Waals surface area contributed by atoms with Gasteiger partial charge in [-0.1, -0.05) is 12.1 Å². The fraction of sp³-hybridized carbons (Fsp3) is 0.414. The third-order valence-electron chi connectivity index (χ3n) is 7.66. The Morgan fingerprint density at radius 1 is 1.05 bits per heavy atom. The van der Waals surface area contributed by atoms with Crippen LogP contribution in [0.2, 0.25) is 0 Å². The van der Waals surface area contributed by atoms with Crippen LogP contribution in [0.4, 0.5) is 0 Å². The van der Waals surface area contributed by atoms with Gasteiger partial charge in [0.15, 0.2) is 17.3 Å². The summed E-state index contributed by atoms with van der Waals surface area (Å²) in [4.78, 5) is 39.8. The van der Waals surface area contributed by atoms with Crippen LogP contribution in [0.25, 0.3) is 0 Å². The van der Waals surface area contributed by atoms with Crippen LogP contribution in [0.1, 0.15) is 47.5 Å². The van der Waals surface area contributed by atoms with Crippen LogP contribution in [-0.2, 0) is 22.6 Å². The number of aromatic nitrogens is 1. The van der Waals surface area contributed by atoms with Crippen molar-refractivity contribution in [3.05, 3.63) is 85.8 Å². The molecule has 0 radical (unpaired) electrons. The number of rotatable bonds is 8. The predicted molar refractivity (Wildman–Crippen MR) is 141 cm³/mol. The number of piperidine rings is 1. The number of aromatic hydroxyl groups is 1. The second-order valence-electron chi connectivity index (χ2n) is 10.1. The standard InChI is InChI=1S/C29H32N2O8/c1-36-24-8-7-18(10-25(24)37-2)21(12-27(34)38-3)29-28(35)23(32)11-20(39-29)16-30-13-17-9-19(15-30)22-5-4-6-26(33)31(22)14-17/h4-8,10-11,17,19,21,35H,9,12-16H2,1-3H3/t17-,19+,21+/m1/s1. The molecule has 0 spiro atoms. The molecular weight excluding hydrogens is 504 g/mol. The van der Waals surface area contributed by atoms with Gasteiger partial charge >= 0.3 is 5.97 Å². The van der Waals surface area contributed by atoms with Gasteiger partial charge in [-0.15, -0.1) is 0 Å². The summed E-state index contributed by atoms with van der Waals surface area (Å²) in [5.41, 5.74) is 1.05. The molecule has 1 fully saturated rings. The van der Waals surface area contributed by atoms with Crippen molar-refractivity contribution in [3.63, 3.8) is 0 Å².